The maximum atomic E-state index is 4.95. The first-order valence-electron chi connectivity index (χ1n) is 3.48. The summed E-state index contributed by atoms with van der Waals surface area (Å²) in [4.78, 5) is 11.0. The standard InChI is InChI=1S/C8H7N3O/c1-2-12-8-10-6-4-3-5-9-7(6)11-8/h2-5H,1H2,(H,9,10,11). The Morgan fingerprint density at radius 3 is 3.25 bits per heavy atom. The molecule has 2 aromatic rings. The molecule has 2 aromatic heterocycles. The van der Waals surface area contributed by atoms with Crippen LogP contribution < -0.4 is 4.74 Å². The lowest BCUT2D eigenvalue weighted by atomic mass is 10.4. The average Bonchev–Trinajstić information content (AvgIpc) is 2.47. The number of pyridine rings is 1. The van der Waals surface area contributed by atoms with E-state index in [9.17, 15) is 0 Å². The monoisotopic (exact) mass is 161 g/mol. The van der Waals surface area contributed by atoms with Crippen molar-refractivity contribution in [1.82, 2.24) is 15.0 Å². The van der Waals surface area contributed by atoms with Gasteiger partial charge in [-0.3, -0.25) is 0 Å². The van der Waals surface area contributed by atoms with Crippen LogP contribution >= 0.6 is 0 Å². The van der Waals surface area contributed by atoms with Gasteiger partial charge in [0, 0.05) is 6.20 Å². The molecule has 0 fully saturated rings. The minimum Gasteiger partial charge on any atom is -0.434 e. The zero-order valence-corrected chi connectivity index (χ0v) is 6.32. The third-order valence-electron chi connectivity index (χ3n) is 1.43. The third kappa shape index (κ3) is 1.03. The molecule has 0 spiro atoms. The number of hydrogen-bond donors (Lipinski definition) is 1. The van der Waals surface area contributed by atoms with E-state index in [0.717, 1.165) is 5.52 Å². The van der Waals surface area contributed by atoms with Crippen molar-refractivity contribution in [1.29, 1.82) is 0 Å². The average molecular weight is 161 g/mol. The molecule has 0 aliphatic rings. The van der Waals surface area contributed by atoms with Crippen LogP contribution in [0.5, 0.6) is 6.01 Å². The van der Waals surface area contributed by atoms with Gasteiger partial charge in [-0.15, -0.1) is 0 Å². The first-order valence-corrected chi connectivity index (χ1v) is 3.48. The first-order chi connectivity index (χ1) is 5.90. The summed E-state index contributed by atoms with van der Waals surface area (Å²) < 4.78 is 4.95. The van der Waals surface area contributed by atoms with Crippen LogP contribution in [-0.2, 0) is 0 Å². The van der Waals surface area contributed by atoms with E-state index in [-0.39, 0.29) is 0 Å². The molecule has 0 saturated heterocycles. The lowest BCUT2D eigenvalue weighted by Crippen LogP contribution is -1.81. The molecule has 2 rings (SSSR count). The number of nitrogens with zero attached hydrogens (tertiary/aromatic N) is 2. The van der Waals surface area contributed by atoms with Crippen molar-refractivity contribution in [3.05, 3.63) is 31.2 Å². The number of fused-ring (bicyclic) bond motifs is 1. The number of hydrogen-bond acceptors (Lipinski definition) is 3. The summed E-state index contributed by atoms with van der Waals surface area (Å²) >= 11 is 0. The Hall–Kier alpha value is -1.84. The Morgan fingerprint density at radius 2 is 2.50 bits per heavy atom. The fourth-order valence-corrected chi connectivity index (χ4v) is 0.958. The van der Waals surface area contributed by atoms with Crippen molar-refractivity contribution in [2.75, 3.05) is 0 Å². The van der Waals surface area contributed by atoms with Crippen LogP contribution in [0.25, 0.3) is 11.2 Å². The second-order valence-electron chi connectivity index (χ2n) is 2.20. The number of nitrogens with one attached hydrogen (secondary N) is 1. The number of ether oxygens (including phenoxy) is 1. The van der Waals surface area contributed by atoms with E-state index < -0.39 is 0 Å². The van der Waals surface area contributed by atoms with Crippen molar-refractivity contribution in [3.63, 3.8) is 0 Å². The molecule has 60 valence electrons. The molecule has 0 amide bonds. The maximum Gasteiger partial charge on any atom is 0.301 e. The van der Waals surface area contributed by atoms with Gasteiger partial charge in [-0.2, -0.15) is 4.98 Å². The van der Waals surface area contributed by atoms with Gasteiger partial charge < -0.3 is 9.72 Å². The molecule has 1 N–H and O–H groups in total. The number of aromatic nitrogens is 3. The van der Waals surface area contributed by atoms with Gasteiger partial charge in [0.25, 0.3) is 0 Å². The van der Waals surface area contributed by atoms with E-state index in [0.29, 0.717) is 11.7 Å². The molecule has 0 aliphatic heterocycles. The van der Waals surface area contributed by atoms with Gasteiger partial charge in [-0.05, 0) is 12.1 Å². The fraction of sp³-hybridized carbons (Fsp3) is 0. The molecule has 2 heterocycles. The van der Waals surface area contributed by atoms with E-state index in [1.807, 2.05) is 12.1 Å². The SMILES string of the molecule is C=COc1nc2ncccc2[nH]1. The van der Waals surface area contributed by atoms with Gasteiger partial charge in [0.1, 0.15) is 0 Å². The highest BCUT2D eigenvalue weighted by molar-refractivity contribution is 5.70. The number of aromatic amines is 1. The summed E-state index contributed by atoms with van der Waals surface area (Å²) in [5, 5.41) is 0. The van der Waals surface area contributed by atoms with Crippen LogP contribution in [0.1, 0.15) is 0 Å². The van der Waals surface area contributed by atoms with Gasteiger partial charge in [-0.25, -0.2) is 4.98 Å². The van der Waals surface area contributed by atoms with Crippen LogP contribution in [-0.4, -0.2) is 15.0 Å². The van der Waals surface area contributed by atoms with Crippen molar-refractivity contribution >= 4 is 11.2 Å². The summed E-state index contributed by atoms with van der Waals surface area (Å²) in [5.41, 5.74) is 1.50. The summed E-state index contributed by atoms with van der Waals surface area (Å²) in [5.74, 6) is 0. The van der Waals surface area contributed by atoms with Gasteiger partial charge in [0.15, 0.2) is 5.65 Å². The van der Waals surface area contributed by atoms with Crippen LogP contribution in [0.3, 0.4) is 0 Å². The second kappa shape index (κ2) is 2.65. The highest BCUT2D eigenvalue weighted by Crippen LogP contribution is 2.12. The van der Waals surface area contributed by atoms with Crippen molar-refractivity contribution in [3.8, 4) is 6.01 Å². The lowest BCUT2D eigenvalue weighted by molar-refractivity contribution is 0.449. The molecule has 12 heavy (non-hydrogen) atoms. The fourth-order valence-electron chi connectivity index (χ4n) is 0.958. The zero-order chi connectivity index (χ0) is 8.39. The van der Waals surface area contributed by atoms with E-state index in [2.05, 4.69) is 21.5 Å². The largest absolute Gasteiger partial charge is 0.434 e. The molecule has 4 heteroatoms. The van der Waals surface area contributed by atoms with Crippen LogP contribution in [0.15, 0.2) is 31.2 Å². The molecular weight excluding hydrogens is 154 g/mol. The van der Waals surface area contributed by atoms with Gasteiger partial charge in [0.2, 0.25) is 0 Å². The highest BCUT2D eigenvalue weighted by Gasteiger charge is 2.00. The molecule has 0 atom stereocenters. The minimum absolute atomic E-state index is 0.415. The van der Waals surface area contributed by atoms with Crippen molar-refractivity contribution in [2.45, 2.75) is 0 Å². The Morgan fingerprint density at radius 1 is 1.58 bits per heavy atom. The number of imidazole rings is 1. The van der Waals surface area contributed by atoms with E-state index >= 15 is 0 Å². The zero-order valence-electron chi connectivity index (χ0n) is 6.32. The quantitative estimate of drug-likeness (QED) is 0.678. The van der Waals surface area contributed by atoms with Crippen LogP contribution in [0.4, 0.5) is 0 Å². The Kier molecular flexibility index (Phi) is 1.51. The van der Waals surface area contributed by atoms with E-state index in [1.54, 1.807) is 6.20 Å². The van der Waals surface area contributed by atoms with Gasteiger partial charge >= 0.3 is 6.01 Å². The summed E-state index contributed by atoms with van der Waals surface area (Å²) in [6.45, 7) is 3.42. The molecule has 0 bridgehead atoms. The minimum atomic E-state index is 0.415. The molecule has 4 nitrogen and oxygen atoms in total. The first kappa shape index (κ1) is 6.84. The molecule has 0 aliphatic carbocycles. The summed E-state index contributed by atoms with van der Waals surface area (Å²) in [7, 11) is 0. The molecule has 0 radical (unpaired) electrons. The smallest absolute Gasteiger partial charge is 0.301 e. The molecule has 0 unspecified atom stereocenters. The van der Waals surface area contributed by atoms with Gasteiger partial charge in [-0.1, -0.05) is 6.58 Å². The number of H-pyrrole nitrogens is 1. The predicted octanol–water partition coefficient (Wildman–Crippen LogP) is 1.48. The van der Waals surface area contributed by atoms with E-state index in [4.69, 9.17) is 4.74 Å². The normalized spacial score (nSPS) is 10.0. The topological polar surface area (TPSA) is 50.8 Å². The molecule has 0 saturated carbocycles. The van der Waals surface area contributed by atoms with Crippen molar-refractivity contribution in [2.24, 2.45) is 0 Å². The lowest BCUT2D eigenvalue weighted by Gasteiger charge is -1.87. The van der Waals surface area contributed by atoms with Crippen molar-refractivity contribution < 1.29 is 4.74 Å². The van der Waals surface area contributed by atoms with Gasteiger partial charge in [0.05, 0.1) is 11.8 Å². The Bertz CT molecular complexity index is 374. The Labute approximate surface area is 68.9 Å². The van der Waals surface area contributed by atoms with Crippen LogP contribution in [0.2, 0.25) is 0 Å². The second-order valence-corrected chi connectivity index (χ2v) is 2.20. The molecular formula is C8H7N3O. The Balaban J connectivity index is 2.54. The third-order valence-corrected chi connectivity index (χ3v) is 1.43. The highest BCUT2D eigenvalue weighted by atomic mass is 16.5. The number of rotatable bonds is 2. The van der Waals surface area contributed by atoms with E-state index in [1.165, 1.54) is 6.26 Å². The van der Waals surface area contributed by atoms with Crippen LogP contribution in [0, 0.1) is 0 Å². The maximum absolute atomic E-state index is 4.95. The summed E-state index contributed by atoms with van der Waals surface area (Å²) in [6, 6.07) is 4.13. The molecule has 0 aromatic carbocycles. The predicted molar refractivity (Wildman–Crippen MR) is 44.7 cm³/mol. The summed E-state index contributed by atoms with van der Waals surface area (Å²) in [6.07, 6.45) is 3.00.